The normalized spacial score (nSPS) is 19.3. The van der Waals surface area contributed by atoms with Gasteiger partial charge in [-0.1, -0.05) is 0 Å². The fraction of sp³-hybridized carbons (Fsp3) is 0.600. The van der Waals surface area contributed by atoms with Crippen molar-refractivity contribution in [1.82, 2.24) is 14.9 Å². The Kier molecular flexibility index (Phi) is 3.51. The molecule has 1 aliphatic rings. The van der Waals surface area contributed by atoms with Crippen LogP contribution in [0.15, 0.2) is 12.4 Å². The Hall–Kier alpha value is -0.710. The summed E-state index contributed by atoms with van der Waals surface area (Å²) in [5.41, 5.74) is 1.07. The van der Waals surface area contributed by atoms with E-state index < -0.39 is 0 Å². The topological polar surface area (TPSA) is 49.2 Å². The maximum Gasteiger partial charge on any atom is 0.222 e. The first kappa shape index (κ1) is 10.8. The Labute approximate surface area is 93.9 Å². The number of aromatic nitrogens is 2. The quantitative estimate of drug-likeness (QED) is 0.769. The van der Waals surface area contributed by atoms with E-state index in [1.165, 1.54) is 0 Å². The van der Waals surface area contributed by atoms with Crippen molar-refractivity contribution in [3.63, 3.8) is 0 Å². The zero-order chi connectivity index (χ0) is 10.7. The number of likely N-dealkylation sites (tertiary alicyclic amines) is 1. The Balaban J connectivity index is 1.89. The lowest BCUT2D eigenvalue weighted by atomic mass is 10.1. The van der Waals surface area contributed by atoms with E-state index in [0.29, 0.717) is 0 Å². The number of piperidine rings is 1. The number of hydrogen-bond donors (Lipinski definition) is 1. The van der Waals surface area contributed by atoms with Crippen molar-refractivity contribution in [3.8, 4) is 0 Å². The predicted octanol–water partition coefficient (Wildman–Crippen LogP) is 1.09. The van der Waals surface area contributed by atoms with E-state index in [0.717, 1.165) is 38.0 Å². The Morgan fingerprint density at radius 3 is 2.53 bits per heavy atom. The molecule has 0 amide bonds. The monoisotopic (exact) mass is 227 g/mol. The second-order valence-corrected chi connectivity index (χ2v) is 4.21. The molecule has 0 bridgehead atoms. The van der Waals surface area contributed by atoms with Gasteiger partial charge in [-0.3, -0.25) is 4.90 Å². The summed E-state index contributed by atoms with van der Waals surface area (Å²) in [4.78, 5) is 10.2. The lowest BCUT2D eigenvalue weighted by Gasteiger charge is -2.29. The zero-order valence-corrected chi connectivity index (χ0v) is 9.19. The molecule has 82 valence electrons. The van der Waals surface area contributed by atoms with Gasteiger partial charge in [0.2, 0.25) is 5.28 Å². The summed E-state index contributed by atoms with van der Waals surface area (Å²) in [6.07, 6.45) is 5.09. The molecule has 0 radical (unpaired) electrons. The fourth-order valence-electron chi connectivity index (χ4n) is 1.76. The van der Waals surface area contributed by atoms with Crippen molar-refractivity contribution < 1.29 is 5.11 Å². The number of aliphatic hydroxyl groups is 1. The van der Waals surface area contributed by atoms with E-state index in [1.54, 1.807) is 12.4 Å². The van der Waals surface area contributed by atoms with Crippen molar-refractivity contribution in [3.05, 3.63) is 23.2 Å². The average Bonchev–Trinajstić information content (AvgIpc) is 2.25. The number of halogens is 1. The van der Waals surface area contributed by atoms with Crippen LogP contribution < -0.4 is 0 Å². The van der Waals surface area contributed by atoms with Gasteiger partial charge in [0, 0.05) is 37.6 Å². The molecule has 0 aromatic carbocycles. The number of hydrogen-bond acceptors (Lipinski definition) is 4. The van der Waals surface area contributed by atoms with Crippen LogP contribution in [0, 0.1) is 0 Å². The number of nitrogens with zero attached hydrogens (tertiary/aromatic N) is 3. The number of rotatable bonds is 2. The summed E-state index contributed by atoms with van der Waals surface area (Å²) >= 11 is 5.60. The van der Waals surface area contributed by atoms with Gasteiger partial charge in [0.1, 0.15) is 0 Å². The summed E-state index contributed by atoms with van der Waals surface area (Å²) in [5.74, 6) is 0. The molecule has 0 atom stereocenters. The van der Waals surface area contributed by atoms with Crippen LogP contribution in [-0.2, 0) is 6.54 Å². The van der Waals surface area contributed by atoms with Gasteiger partial charge in [0.05, 0.1) is 6.10 Å². The van der Waals surface area contributed by atoms with Crippen molar-refractivity contribution in [2.45, 2.75) is 25.5 Å². The Morgan fingerprint density at radius 1 is 1.33 bits per heavy atom. The van der Waals surface area contributed by atoms with E-state index >= 15 is 0 Å². The van der Waals surface area contributed by atoms with Gasteiger partial charge in [-0.15, -0.1) is 0 Å². The van der Waals surface area contributed by atoms with Gasteiger partial charge in [-0.25, -0.2) is 9.97 Å². The summed E-state index contributed by atoms with van der Waals surface area (Å²) in [7, 11) is 0. The van der Waals surface area contributed by atoms with Gasteiger partial charge in [0.25, 0.3) is 0 Å². The minimum atomic E-state index is -0.122. The number of aliphatic hydroxyl groups excluding tert-OH is 1. The van der Waals surface area contributed by atoms with Crippen LogP contribution in [-0.4, -0.2) is 39.2 Å². The highest BCUT2D eigenvalue weighted by Crippen LogP contribution is 2.13. The first-order valence-corrected chi connectivity index (χ1v) is 5.48. The van der Waals surface area contributed by atoms with Crippen molar-refractivity contribution in [2.75, 3.05) is 13.1 Å². The molecular formula is C10H14ClN3O. The molecule has 5 heteroatoms. The second-order valence-electron chi connectivity index (χ2n) is 3.87. The van der Waals surface area contributed by atoms with Crippen LogP contribution in [0.3, 0.4) is 0 Å². The minimum Gasteiger partial charge on any atom is -0.393 e. The highest BCUT2D eigenvalue weighted by Gasteiger charge is 2.16. The maximum atomic E-state index is 9.36. The molecule has 4 nitrogen and oxygen atoms in total. The molecule has 15 heavy (non-hydrogen) atoms. The van der Waals surface area contributed by atoms with E-state index in [9.17, 15) is 5.11 Å². The van der Waals surface area contributed by atoms with Crippen LogP contribution in [0.4, 0.5) is 0 Å². The van der Waals surface area contributed by atoms with E-state index in [1.807, 2.05) is 0 Å². The van der Waals surface area contributed by atoms with Crippen molar-refractivity contribution in [2.24, 2.45) is 0 Å². The van der Waals surface area contributed by atoms with Crippen LogP contribution in [0.5, 0.6) is 0 Å². The lowest BCUT2D eigenvalue weighted by Crippen LogP contribution is -2.35. The standard InChI is InChI=1S/C10H14ClN3O/c11-10-12-5-8(6-13-10)7-14-3-1-9(15)2-4-14/h5-6,9,15H,1-4,7H2. The largest absolute Gasteiger partial charge is 0.393 e. The van der Waals surface area contributed by atoms with Gasteiger partial charge >= 0.3 is 0 Å². The van der Waals surface area contributed by atoms with Gasteiger partial charge in [-0.2, -0.15) is 0 Å². The van der Waals surface area contributed by atoms with Crippen LogP contribution in [0.2, 0.25) is 5.28 Å². The summed E-state index contributed by atoms with van der Waals surface area (Å²) in [6.45, 7) is 2.71. The molecular weight excluding hydrogens is 214 g/mol. The van der Waals surface area contributed by atoms with E-state index in [4.69, 9.17) is 11.6 Å². The van der Waals surface area contributed by atoms with E-state index in [2.05, 4.69) is 14.9 Å². The molecule has 0 spiro atoms. The molecule has 2 heterocycles. The average molecular weight is 228 g/mol. The molecule has 1 aliphatic heterocycles. The van der Waals surface area contributed by atoms with Crippen molar-refractivity contribution in [1.29, 1.82) is 0 Å². The zero-order valence-electron chi connectivity index (χ0n) is 8.43. The van der Waals surface area contributed by atoms with Gasteiger partial charge < -0.3 is 5.11 Å². The molecule has 1 aromatic rings. The minimum absolute atomic E-state index is 0.122. The van der Waals surface area contributed by atoms with Crippen molar-refractivity contribution >= 4 is 11.6 Å². The first-order chi connectivity index (χ1) is 7.24. The third-order valence-corrected chi connectivity index (χ3v) is 2.83. The summed E-state index contributed by atoms with van der Waals surface area (Å²) in [5, 5.41) is 9.65. The maximum absolute atomic E-state index is 9.36. The summed E-state index contributed by atoms with van der Waals surface area (Å²) < 4.78 is 0. The SMILES string of the molecule is OC1CCN(Cc2cnc(Cl)nc2)CC1. The molecule has 0 unspecified atom stereocenters. The highest BCUT2D eigenvalue weighted by atomic mass is 35.5. The summed E-state index contributed by atoms with van der Waals surface area (Å²) in [6, 6.07) is 0. The predicted molar refractivity (Wildman–Crippen MR) is 57.6 cm³/mol. The smallest absolute Gasteiger partial charge is 0.222 e. The fourth-order valence-corrected chi connectivity index (χ4v) is 1.85. The highest BCUT2D eigenvalue weighted by molar-refractivity contribution is 6.28. The molecule has 1 N–H and O–H groups in total. The first-order valence-electron chi connectivity index (χ1n) is 5.11. The third kappa shape index (κ3) is 3.12. The molecule has 2 rings (SSSR count). The Morgan fingerprint density at radius 2 is 1.93 bits per heavy atom. The molecule has 1 saturated heterocycles. The molecule has 0 aliphatic carbocycles. The molecule has 0 saturated carbocycles. The van der Waals surface area contributed by atoms with Crippen LogP contribution in [0.1, 0.15) is 18.4 Å². The lowest BCUT2D eigenvalue weighted by molar-refractivity contribution is 0.0791. The third-order valence-electron chi connectivity index (χ3n) is 2.64. The second kappa shape index (κ2) is 4.88. The van der Waals surface area contributed by atoms with Gasteiger partial charge in [0.15, 0.2) is 0 Å². The van der Waals surface area contributed by atoms with E-state index in [-0.39, 0.29) is 11.4 Å². The van der Waals surface area contributed by atoms with Gasteiger partial charge in [-0.05, 0) is 24.4 Å². The molecule has 1 aromatic heterocycles. The Bertz CT molecular complexity index is 309. The van der Waals surface area contributed by atoms with Crippen LogP contribution in [0.25, 0.3) is 0 Å². The molecule has 1 fully saturated rings. The van der Waals surface area contributed by atoms with Crippen LogP contribution >= 0.6 is 11.6 Å².